The van der Waals surface area contributed by atoms with Crippen molar-refractivity contribution in [1.29, 1.82) is 0 Å². The average molecular weight is 297 g/mol. The number of nitrogens with one attached hydrogen (secondary N) is 1. The first-order valence-electron chi connectivity index (χ1n) is 7.16. The Morgan fingerprint density at radius 1 is 1.14 bits per heavy atom. The average Bonchev–Trinajstić information content (AvgIpc) is 2.77. The van der Waals surface area contributed by atoms with Crippen LogP contribution in [0.15, 0.2) is 30.3 Å². The first-order valence-corrected chi connectivity index (χ1v) is 7.16. The molecule has 0 bridgehead atoms. The summed E-state index contributed by atoms with van der Waals surface area (Å²) in [7, 11) is 0. The molecule has 0 aliphatic carbocycles. The number of aliphatic hydroxyl groups is 4. The number of ether oxygens (including phenoxy) is 1. The molecule has 21 heavy (non-hydrogen) atoms. The van der Waals surface area contributed by atoms with E-state index in [1.165, 1.54) is 0 Å². The van der Waals surface area contributed by atoms with Crippen molar-refractivity contribution in [2.75, 3.05) is 13.2 Å². The van der Waals surface area contributed by atoms with Gasteiger partial charge in [0.2, 0.25) is 0 Å². The topological polar surface area (TPSA) is 102 Å². The molecule has 1 aliphatic heterocycles. The lowest BCUT2D eigenvalue weighted by atomic mass is 10.0. The van der Waals surface area contributed by atoms with Gasteiger partial charge in [-0.25, -0.2) is 0 Å². The molecule has 0 saturated carbocycles. The number of benzene rings is 1. The first kappa shape index (κ1) is 16.4. The van der Waals surface area contributed by atoms with Gasteiger partial charge in [-0.1, -0.05) is 30.3 Å². The molecular weight excluding hydrogens is 274 g/mol. The minimum atomic E-state index is -1.07. The predicted octanol–water partition coefficient (Wildman–Crippen LogP) is -0.991. The lowest BCUT2D eigenvalue weighted by molar-refractivity contribution is -0.0119. The van der Waals surface area contributed by atoms with Crippen LogP contribution in [0.5, 0.6) is 0 Å². The molecule has 1 heterocycles. The maximum Gasteiger partial charge on any atom is 0.0993 e. The van der Waals surface area contributed by atoms with Crippen molar-refractivity contribution >= 4 is 0 Å². The second-order valence-corrected chi connectivity index (χ2v) is 5.36. The maximum atomic E-state index is 9.98. The molecule has 0 spiro atoms. The predicted molar refractivity (Wildman–Crippen MR) is 76.5 cm³/mol. The van der Waals surface area contributed by atoms with E-state index >= 15 is 0 Å². The van der Waals surface area contributed by atoms with Gasteiger partial charge in [0.15, 0.2) is 0 Å². The van der Waals surface area contributed by atoms with E-state index in [1.54, 1.807) is 0 Å². The van der Waals surface area contributed by atoms with Crippen LogP contribution in [0.4, 0.5) is 0 Å². The molecule has 0 radical (unpaired) electrons. The van der Waals surface area contributed by atoms with Gasteiger partial charge in [-0.05, 0) is 12.0 Å². The molecule has 0 amide bonds. The van der Waals surface area contributed by atoms with Gasteiger partial charge in [-0.3, -0.25) is 0 Å². The van der Waals surface area contributed by atoms with Crippen molar-refractivity contribution in [3.05, 3.63) is 35.9 Å². The van der Waals surface area contributed by atoms with Crippen LogP contribution < -0.4 is 5.32 Å². The van der Waals surface area contributed by atoms with Gasteiger partial charge in [0.05, 0.1) is 43.6 Å². The highest BCUT2D eigenvalue weighted by molar-refractivity contribution is 5.13. The van der Waals surface area contributed by atoms with Gasteiger partial charge in [-0.2, -0.15) is 0 Å². The molecule has 5 N–H and O–H groups in total. The summed E-state index contributed by atoms with van der Waals surface area (Å²) in [4.78, 5) is 0. The van der Waals surface area contributed by atoms with Crippen molar-refractivity contribution in [2.24, 2.45) is 0 Å². The molecule has 0 aromatic heterocycles. The zero-order valence-corrected chi connectivity index (χ0v) is 11.8. The fraction of sp³-hybridized carbons (Fsp3) is 0.600. The third kappa shape index (κ3) is 4.23. The number of hydrogen-bond donors (Lipinski definition) is 5. The Bertz CT molecular complexity index is 416. The van der Waals surface area contributed by atoms with Gasteiger partial charge in [-0.15, -0.1) is 0 Å². The van der Waals surface area contributed by atoms with E-state index in [9.17, 15) is 15.3 Å². The Kier molecular flexibility index (Phi) is 6.10. The van der Waals surface area contributed by atoms with E-state index in [-0.39, 0.29) is 19.6 Å². The van der Waals surface area contributed by atoms with E-state index in [0.29, 0.717) is 6.61 Å². The molecule has 5 atom stereocenters. The second kappa shape index (κ2) is 7.84. The summed E-state index contributed by atoms with van der Waals surface area (Å²) in [5, 5.41) is 41.5. The van der Waals surface area contributed by atoms with Gasteiger partial charge >= 0.3 is 0 Å². The lowest BCUT2D eigenvalue weighted by Gasteiger charge is -2.21. The molecule has 6 nitrogen and oxygen atoms in total. The van der Waals surface area contributed by atoms with Crippen molar-refractivity contribution < 1.29 is 25.2 Å². The van der Waals surface area contributed by atoms with E-state index in [2.05, 4.69) is 5.32 Å². The van der Waals surface area contributed by atoms with Crippen LogP contribution in [0.2, 0.25) is 0 Å². The minimum Gasteiger partial charge on any atom is -0.396 e. The summed E-state index contributed by atoms with van der Waals surface area (Å²) in [6, 6.07) is 8.57. The van der Waals surface area contributed by atoms with E-state index in [0.717, 1.165) is 5.56 Å². The third-order valence-corrected chi connectivity index (χ3v) is 3.78. The zero-order chi connectivity index (χ0) is 15.2. The largest absolute Gasteiger partial charge is 0.396 e. The molecule has 0 unspecified atom stereocenters. The summed E-state index contributed by atoms with van der Waals surface area (Å²) < 4.78 is 5.55. The molecule has 1 fully saturated rings. The second-order valence-electron chi connectivity index (χ2n) is 5.36. The Morgan fingerprint density at radius 3 is 2.52 bits per heavy atom. The summed E-state index contributed by atoms with van der Waals surface area (Å²) in [6.45, 7) is 0.485. The maximum absolute atomic E-state index is 9.98. The standard InChI is InChI=1S/C15H23NO5/c17-7-6-12(18)13-15(20)14(19)11(16-13)9-21-8-10-4-2-1-3-5-10/h1-5,11-20H,6-9H2/t11-,12-,13-,14-,15-/m1/s1. The number of aliphatic hydroxyl groups excluding tert-OH is 4. The van der Waals surface area contributed by atoms with Gasteiger partial charge in [0.25, 0.3) is 0 Å². The smallest absolute Gasteiger partial charge is 0.0993 e. The molecule has 1 aliphatic rings. The van der Waals surface area contributed by atoms with Gasteiger partial charge < -0.3 is 30.5 Å². The fourth-order valence-electron chi connectivity index (χ4n) is 2.57. The van der Waals surface area contributed by atoms with Crippen LogP contribution in [-0.4, -0.2) is 64.0 Å². The molecule has 2 rings (SSSR count). The number of rotatable bonds is 7. The highest BCUT2D eigenvalue weighted by atomic mass is 16.5. The highest BCUT2D eigenvalue weighted by Crippen LogP contribution is 2.19. The van der Waals surface area contributed by atoms with Crippen LogP contribution in [0.3, 0.4) is 0 Å². The lowest BCUT2D eigenvalue weighted by Crippen LogP contribution is -2.44. The summed E-state index contributed by atoms with van der Waals surface area (Å²) in [5.41, 5.74) is 1.03. The first-order chi connectivity index (χ1) is 10.1. The monoisotopic (exact) mass is 297 g/mol. The molecular formula is C15H23NO5. The summed E-state index contributed by atoms with van der Waals surface area (Å²) in [5.74, 6) is 0. The van der Waals surface area contributed by atoms with E-state index in [1.807, 2.05) is 30.3 Å². The Morgan fingerprint density at radius 2 is 1.86 bits per heavy atom. The van der Waals surface area contributed by atoms with Crippen LogP contribution in [-0.2, 0) is 11.3 Å². The third-order valence-electron chi connectivity index (χ3n) is 3.78. The van der Waals surface area contributed by atoms with Crippen LogP contribution in [0.1, 0.15) is 12.0 Å². The summed E-state index contributed by atoms with van der Waals surface area (Å²) in [6.07, 6.45) is -2.83. The fourth-order valence-corrected chi connectivity index (χ4v) is 2.57. The van der Waals surface area contributed by atoms with Gasteiger partial charge in [0.1, 0.15) is 0 Å². The Hall–Kier alpha value is -1.02. The molecule has 6 heteroatoms. The van der Waals surface area contributed by atoms with Crippen molar-refractivity contribution in [1.82, 2.24) is 5.32 Å². The highest BCUT2D eigenvalue weighted by Gasteiger charge is 2.43. The van der Waals surface area contributed by atoms with Crippen LogP contribution in [0.25, 0.3) is 0 Å². The zero-order valence-electron chi connectivity index (χ0n) is 11.8. The molecule has 1 saturated heterocycles. The van der Waals surface area contributed by atoms with Crippen LogP contribution >= 0.6 is 0 Å². The SMILES string of the molecule is OCC[C@@H](O)[C@H]1N[C@H](COCc2ccccc2)[C@@H](O)[C@@H]1O. The van der Waals surface area contributed by atoms with Crippen LogP contribution in [0, 0.1) is 0 Å². The molecule has 118 valence electrons. The van der Waals surface area contributed by atoms with Gasteiger partial charge in [0, 0.05) is 6.61 Å². The number of hydrogen-bond acceptors (Lipinski definition) is 6. The van der Waals surface area contributed by atoms with Crippen molar-refractivity contribution in [2.45, 2.75) is 43.4 Å². The quantitative estimate of drug-likeness (QED) is 0.443. The van der Waals surface area contributed by atoms with Crippen molar-refractivity contribution in [3.63, 3.8) is 0 Å². The Labute approximate surface area is 124 Å². The van der Waals surface area contributed by atoms with Crippen molar-refractivity contribution in [3.8, 4) is 0 Å². The van der Waals surface area contributed by atoms with E-state index in [4.69, 9.17) is 9.84 Å². The van der Waals surface area contributed by atoms with E-state index < -0.39 is 30.4 Å². The summed E-state index contributed by atoms with van der Waals surface area (Å²) >= 11 is 0. The minimum absolute atomic E-state index is 0.152. The molecule has 1 aromatic rings. The normalized spacial score (nSPS) is 30.5. The Balaban J connectivity index is 1.81. The molecule has 1 aromatic carbocycles.